The topological polar surface area (TPSA) is 97.0 Å². The number of carboxylic acid groups (broad SMARTS) is 1. The molecule has 3 rings (SSSR count). The molecular weight excluding hydrogens is 336 g/mol. The number of carbonyl (C=O) groups is 2. The Morgan fingerprint density at radius 2 is 2.25 bits per heavy atom. The van der Waals surface area contributed by atoms with Crippen LogP contribution >= 0.6 is 11.6 Å². The Morgan fingerprint density at radius 1 is 1.50 bits per heavy atom. The van der Waals surface area contributed by atoms with Gasteiger partial charge in [-0.05, 0) is 13.3 Å². The first-order valence-corrected chi connectivity index (χ1v) is 7.93. The summed E-state index contributed by atoms with van der Waals surface area (Å²) >= 11 is 5.91. The summed E-state index contributed by atoms with van der Waals surface area (Å²) < 4.78 is 7.39. The minimum atomic E-state index is -1.11. The molecule has 9 heteroatoms. The molecule has 1 fully saturated rings. The highest BCUT2D eigenvalue weighted by Gasteiger charge is 2.29. The van der Waals surface area contributed by atoms with Crippen molar-refractivity contribution in [2.24, 2.45) is 0 Å². The van der Waals surface area contributed by atoms with E-state index in [4.69, 9.17) is 16.3 Å². The van der Waals surface area contributed by atoms with Gasteiger partial charge in [-0.1, -0.05) is 11.6 Å². The predicted octanol–water partition coefficient (Wildman–Crippen LogP) is 1.78. The van der Waals surface area contributed by atoms with E-state index in [1.54, 1.807) is 17.9 Å². The molecule has 1 amide bonds. The Labute approximate surface area is 143 Å². The van der Waals surface area contributed by atoms with Crippen molar-refractivity contribution < 1.29 is 19.4 Å². The minimum Gasteiger partial charge on any atom is -0.478 e. The second kappa shape index (κ2) is 6.37. The zero-order valence-electron chi connectivity index (χ0n) is 13.3. The van der Waals surface area contributed by atoms with E-state index in [0.717, 1.165) is 0 Å². The lowest BCUT2D eigenvalue weighted by atomic mass is 10.1. The second-order valence-corrected chi connectivity index (χ2v) is 6.14. The highest BCUT2D eigenvalue weighted by atomic mass is 35.5. The van der Waals surface area contributed by atoms with Gasteiger partial charge in [-0.25, -0.2) is 14.3 Å². The summed E-state index contributed by atoms with van der Waals surface area (Å²) in [5, 5.41) is 13.8. The van der Waals surface area contributed by atoms with Crippen molar-refractivity contribution in [2.75, 3.05) is 13.1 Å². The van der Waals surface area contributed by atoms with E-state index < -0.39 is 12.1 Å². The molecule has 1 aliphatic heterocycles. The van der Waals surface area contributed by atoms with Gasteiger partial charge in [-0.2, -0.15) is 5.10 Å². The third-order valence-corrected chi connectivity index (χ3v) is 4.28. The molecule has 0 radical (unpaired) electrons. The van der Waals surface area contributed by atoms with Crippen molar-refractivity contribution in [3.8, 4) is 0 Å². The van der Waals surface area contributed by atoms with Crippen LogP contribution in [0.5, 0.6) is 0 Å². The monoisotopic (exact) mass is 352 g/mol. The van der Waals surface area contributed by atoms with Gasteiger partial charge < -0.3 is 14.7 Å². The third-order valence-electron chi connectivity index (χ3n) is 4.09. The lowest BCUT2D eigenvalue weighted by molar-refractivity contribution is -0.128. The van der Waals surface area contributed by atoms with Crippen molar-refractivity contribution >= 4 is 29.1 Å². The number of carbonyl (C=O) groups excluding carboxylic acids is 1. The van der Waals surface area contributed by atoms with Gasteiger partial charge >= 0.3 is 5.97 Å². The van der Waals surface area contributed by atoms with E-state index in [1.165, 1.54) is 17.6 Å². The number of rotatable bonds is 4. The van der Waals surface area contributed by atoms with Crippen molar-refractivity contribution in [1.82, 2.24) is 19.5 Å². The van der Waals surface area contributed by atoms with E-state index >= 15 is 0 Å². The van der Waals surface area contributed by atoms with Crippen LogP contribution < -0.4 is 0 Å². The molecule has 3 heterocycles. The van der Waals surface area contributed by atoms with Gasteiger partial charge in [0.1, 0.15) is 5.56 Å². The summed E-state index contributed by atoms with van der Waals surface area (Å²) in [7, 11) is 0. The zero-order valence-corrected chi connectivity index (χ0v) is 14.0. The maximum Gasteiger partial charge on any atom is 0.339 e. The molecule has 2 aromatic rings. The molecule has 128 valence electrons. The Balaban J connectivity index is 1.91. The van der Waals surface area contributed by atoms with Gasteiger partial charge in [-0.15, -0.1) is 0 Å². The van der Waals surface area contributed by atoms with Crippen LogP contribution in [0.25, 0.3) is 5.65 Å². The number of amides is 1. The molecule has 0 unspecified atom stereocenters. The quantitative estimate of drug-likeness (QED) is 0.900. The van der Waals surface area contributed by atoms with Crippen molar-refractivity contribution in [3.63, 3.8) is 0 Å². The smallest absolute Gasteiger partial charge is 0.339 e. The number of aromatic carboxylic acids is 1. The summed E-state index contributed by atoms with van der Waals surface area (Å²) in [5.74, 6) is -1.11. The van der Waals surface area contributed by atoms with Gasteiger partial charge in [0.15, 0.2) is 10.8 Å². The number of hydrogen-bond acceptors (Lipinski definition) is 5. The summed E-state index contributed by atoms with van der Waals surface area (Å²) in [4.78, 5) is 28.7. The third kappa shape index (κ3) is 3.07. The van der Waals surface area contributed by atoms with Gasteiger partial charge in [0.05, 0.1) is 17.9 Å². The van der Waals surface area contributed by atoms with Crippen LogP contribution in [-0.4, -0.2) is 55.7 Å². The number of ether oxygens (including phenoxy) is 1. The number of likely N-dealkylation sites (tertiary alicyclic amines) is 1. The van der Waals surface area contributed by atoms with Crippen molar-refractivity contribution in [3.05, 3.63) is 28.7 Å². The average Bonchev–Trinajstić information content (AvgIpc) is 3.11. The van der Waals surface area contributed by atoms with Crippen LogP contribution in [0.3, 0.4) is 0 Å². The summed E-state index contributed by atoms with van der Waals surface area (Å²) in [6.45, 7) is 4.41. The maximum atomic E-state index is 11.5. The van der Waals surface area contributed by atoms with Gasteiger partial charge in [0, 0.05) is 32.3 Å². The number of fused-ring (bicyclic) bond motifs is 1. The van der Waals surface area contributed by atoms with E-state index in [0.29, 0.717) is 30.9 Å². The molecule has 24 heavy (non-hydrogen) atoms. The Hall–Kier alpha value is -2.19. The molecule has 1 N–H and O–H groups in total. The number of carboxylic acids is 1. The molecule has 1 saturated heterocycles. The predicted molar refractivity (Wildman–Crippen MR) is 85.1 cm³/mol. The Kier molecular flexibility index (Phi) is 4.42. The first kappa shape index (κ1) is 16.7. The lowest BCUT2D eigenvalue weighted by Crippen LogP contribution is -2.28. The summed E-state index contributed by atoms with van der Waals surface area (Å²) in [6, 6.07) is 1.55. The van der Waals surface area contributed by atoms with Crippen LogP contribution in [0, 0.1) is 0 Å². The molecule has 2 atom stereocenters. The van der Waals surface area contributed by atoms with Crippen LogP contribution in [0.1, 0.15) is 42.4 Å². The molecule has 0 aromatic carbocycles. The van der Waals surface area contributed by atoms with Crippen molar-refractivity contribution in [1.29, 1.82) is 0 Å². The zero-order chi connectivity index (χ0) is 17.4. The van der Waals surface area contributed by atoms with Crippen LogP contribution in [-0.2, 0) is 9.53 Å². The fraction of sp³-hybridized carbons (Fsp3) is 0.467. The maximum absolute atomic E-state index is 11.5. The van der Waals surface area contributed by atoms with E-state index in [-0.39, 0.29) is 22.7 Å². The number of halogens is 1. The van der Waals surface area contributed by atoms with Gasteiger partial charge in [0.2, 0.25) is 5.91 Å². The largest absolute Gasteiger partial charge is 0.478 e. The van der Waals surface area contributed by atoms with E-state index in [1.807, 2.05) is 0 Å². The van der Waals surface area contributed by atoms with E-state index in [9.17, 15) is 14.7 Å². The molecular formula is C15H17ClN4O4. The lowest BCUT2D eigenvalue weighted by Gasteiger charge is -2.21. The molecule has 8 nitrogen and oxygen atoms in total. The van der Waals surface area contributed by atoms with Crippen molar-refractivity contribution in [2.45, 2.75) is 32.5 Å². The van der Waals surface area contributed by atoms with Crippen LogP contribution in [0.2, 0.25) is 5.15 Å². The fourth-order valence-corrected chi connectivity index (χ4v) is 3.13. The van der Waals surface area contributed by atoms with Gasteiger partial charge in [0.25, 0.3) is 0 Å². The normalized spacial score (nSPS) is 19.0. The standard InChI is InChI=1S/C15H17ClN4O4/c1-8(24-10-3-4-19(7-10)9(2)21)14-11(15(22)23)6-17-13-5-12(16)18-20(13)14/h5-6,8,10H,3-4,7H2,1-2H3,(H,22,23)/t8-,10+/m0/s1. The Morgan fingerprint density at radius 3 is 2.88 bits per heavy atom. The SMILES string of the molecule is CC(=O)N1CC[C@@H](O[C@@H](C)c2c(C(=O)O)cnc3cc(Cl)nn23)C1. The molecule has 0 bridgehead atoms. The van der Waals surface area contributed by atoms with E-state index in [2.05, 4.69) is 10.1 Å². The molecule has 1 aliphatic rings. The molecule has 0 saturated carbocycles. The Bertz CT molecular complexity index is 806. The first-order valence-electron chi connectivity index (χ1n) is 7.55. The number of nitrogens with zero attached hydrogens (tertiary/aromatic N) is 4. The number of hydrogen-bond donors (Lipinski definition) is 1. The molecule has 2 aromatic heterocycles. The second-order valence-electron chi connectivity index (χ2n) is 5.75. The van der Waals surface area contributed by atoms with Crippen LogP contribution in [0.15, 0.2) is 12.3 Å². The van der Waals surface area contributed by atoms with Crippen LogP contribution in [0.4, 0.5) is 0 Å². The number of aromatic nitrogens is 3. The highest BCUT2D eigenvalue weighted by Crippen LogP contribution is 2.27. The fourth-order valence-electron chi connectivity index (χ4n) is 2.96. The molecule has 0 aliphatic carbocycles. The average molecular weight is 353 g/mol. The summed E-state index contributed by atoms with van der Waals surface area (Å²) in [5.41, 5.74) is 0.837. The summed E-state index contributed by atoms with van der Waals surface area (Å²) in [6.07, 6.45) is 1.29. The highest BCUT2D eigenvalue weighted by molar-refractivity contribution is 6.29. The molecule has 0 spiro atoms. The minimum absolute atomic E-state index is 0.00476. The van der Waals surface area contributed by atoms with Gasteiger partial charge in [-0.3, -0.25) is 4.79 Å². The first-order chi connectivity index (χ1) is 11.4.